The number of methoxy groups -OCH3 is 2. The zero-order valence-corrected chi connectivity index (χ0v) is 11.4. The number of nitrogens with one attached hydrogen (secondary N) is 1. The predicted molar refractivity (Wildman–Crippen MR) is 69.5 cm³/mol. The molecule has 1 N–H and O–H groups in total. The highest BCUT2D eigenvalue weighted by Gasteiger charge is 2.24. The molecule has 0 saturated carbocycles. The molecule has 0 fully saturated rings. The summed E-state index contributed by atoms with van der Waals surface area (Å²) in [5, 5.41) is 3.16. The summed E-state index contributed by atoms with van der Waals surface area (Å²) in [6.07, 6.45) is 3.21. The van der Waals surface area contributed by atoms with Crippen LogP contribution < -0.4 is 14.8 Å². The summed E-state index contributed by atoms with van der Waals surface area (Å²) in [7, 11) is 4.92. The highest BCUT2D eigenvalue weighted by Crippen LogP contribution is 2.30. The van der Waals surface area contributed by atoms with Crippen LogP contribution in [0.15, 0.2) is 22.9 Å². The Morgan fingerprint density at radius 1 is 1.32 bits per heavy atom. The zero-order chi connectivity index (χ0) is 13.8. The van der Waals surface area contributed by atoms with Crippen LogP contribution in [0.4, 0.5) is 0 Å². The molecule has 0 bridgehead atoms. The van der Waals surface area contributed by atoms with Crippen LogP contribution in [-0.2, 0) is 0 Å². The maximum atomic E-state index is 5.51. The van der Waals surface area contributed by atoms with Crippen LogP contribution in [0.25, 0.3) is 0 Å². The average molecular weight is 263 g/mol. The number of aryl methyl sites for hydroxylation is 1. The van der Waals surface area contributed by atoms with Crippen LogP contribution in [-0.4, -0.2) is 31.2 Å². The van der Waals surface area contributed by atoms with E-state index in [0.29, 0.717) is 17.5 Å². The first kappa shape index (κ1) is 13.4. The molecule has 102 valence electrons. The monoisotopic (exact) mass is 263 g/mol. The molecule has 2 aromatic rings. The number of rotatable bonds is 5. The molecular weight excluding hydrogens is 246 g/mol. The molecule has 0 aliphatic carbocycles. The van der Waals surface area contributed by atoms with E-state index in [9.17, 15) is 0 Å². The second-order valence-electron chi connectivity index (χ2n) is 4.00. The minimum absolute atomic E-state index is 0.219. The molecule has 0 amide bonds. The normalized spacial score (nSPS) is 12.2. The summed E-state index contributed by atoms with van der Waals surface area (Å²) in [6.45, 7) is 1.98. The van der Waals surface area contributed by atoms with Gasteiger partial charge in [0, 0.05) is 0 Å². The summed E-state index contributed by atoms with van der Waals surface area (Å²) >= 11 is 0. The Kier molecular flexibility index (Phi) is 4.01. The molecule has 0 spiro atoms. The van der Waals surface area contributed by atoms with Crippen LogP contribution in [0.3, 0.4) is 0 Å². The summed E-state index contributed by atoms with van der Waals surface area (Å²) in [5.41, 5.74) is 1.70. The van der Waals surface area contributed by atoms with Crippen molar-refractivity contribution in [3.05, 3.63) is 35.5 Å². The fourth-order valence-corrected chi connectivity index (χ4v) is 1.88. The minimum atomic E-state index is -0.219. The van der Waals surface area contributed by atoms with Gasteiger partial charge in [0.1, 0.15) is 17.5 Å². The van der Waals surface area contributed by atoms with E-state index in [2.05, 4.69) is 15.3 Å². The third-order valence-electron chi connectivity index (χ3n) is 2.87. The van der Waals surface area contributed by atoms with Crippen LogP contribution >= 0.6 is 0 Å². The van der Waals surface area contributed by atoms with Crippen LogP contribution in [0.2, 0.25) is 0 Å². The van der Waals surface area contributed by atoms with E-state index in [1.54, 1.807) is 19.6 Å². The van der Waals surface area contributed by atoms with Gasteiger partial charge in [-0.1, -0.05) is 0 Å². The zero-order valence-electron chi connectivity index (χ0n) is 11.4. The SMILES string of the molecule is CNC(c1ncc(OC)nc1OC)c1occc1C. The minimum Gasteiger partial charge on any atom is -0.480 e. The van der Waals surface area contributed by atoms with Crippen molar-refractivity contribution in [2.24, 2.45) is 0 Å². The maximum absolute atomic E-state index is 5.51. The third kappa shape index (κ3) is 2.53. The molecule has 0 saturated heterocycles. The fourth-order valence-electron chi connectivity index (χ4n) is 1.88. The lowest BCUT2D eigenvalue weighted by molar-refractivity contribution is 0.349. The van der Waals surface area contributed by atoms with Gasteiger partial charge in [0.15, 0.2) is 0 Å². The summed E-state index contributed by atoms with van der Waals surface area (Å²) in [6, 6.07) is 1.69. The van der Waals surface area contributed by atoms with Gasteiger partial charge in [-0.25, -0.2) is 4.98 Å². The molecule has 2 heterocycles. The van der Waals surface area contributed by atoms with Gasteiger partial charge in [-0.15, -0.1) is 0 Å². The highest BCUT2D eigenvalue weighted by molar-refractivity contribution is 5.33. The lowest BCUT2D eigenvalue weighted by Gasteiger charge is -2.16. The van der Waals surface area contributed by atoms with Crippen molar-refractivity contribution in [1.29, 1.82) is 0 Å². The number of ether oxygens (including phenoxy) is 2. The Balaban J connectivity index is 2.46. The number of nitrogens with zero attached hydrogens (tertiary/aromatic N) is 2. The molecule has 2 rings (SSSR count). The second kappa shape index (κ2) is 5.71. The number of furan rings is 1. The molecule has 0 aromatic carbocycles. The van der Waals surface area contributed by atoms with Crippen molar-refractivity contribution in [1.82, 2.24) is 15.3 Å². The first-order valence-electron chi connectivity index (χ1n) is 5.87. The largest absolute Gasteiger partial charge is 0.480 e. The van der Waals surface area contributed by atoms with E-state index in [-0.39, 0.29) is 6.04 Å². The molecule has 0 radical (unpaired) electrons. The molecule has 0 aliphatic rings. The van der Waals surface area contributed by atoms with Crippen molar-refractivity contribution < 1.29 is 13.9 Å². The van der Waals surface area contributed by atoms with E-state index in [0.717, 1.165) is 11.3 Å². The van der Waals surface area contributed by atoms with E-state index < -0.39 is 0 Å². The molecule has 0 aliphatic heterocycles. The Morgan fingerprint density at radius 3 is 2.63 bits per heavy atom. The van der Waals surface area contributed by atoms with Crippen LogP contribution in [0.1, 0.15) is 23.1 Å². The van der Waals surface area contributed by atoms with E-state index in [4.69, 9.17) is 13.9 Å². The average Bonchev–Trinajstić information content (AvgIpc) is 2.86. The first-order valence-corrected chi connectivity index (χ1v) is 5.87. The topological polar surface area (TPSA) is 69.4 Å². The maximum Gasteiger partial charge on any atom is 0.240 e. The summed E-state index contributed by atoms with van der Waals surface area (Å²) in [4.78, 5) is 8.58. The van der Waals surface area contributed by atoms with E-state index in [1.807, 2.05) is 20.0 Å². The van der Waals surface area contributed by atoms with Gasteiger partial charge in [0.25, 0.3) is 0 Å². The van der Waals surface area contributed by atoms with Gasteiger partial charge in [-0.05, 0) is 25.6 Å². The Morgan fingerprint density at radius 2 is 2.11 bits per heavy atom. The molecular formula is C13H17N3O3. The fraction of sp³-hybridized carbons (Fsp3) is 0.385. The van der Waals surface area contributed by atoms with Gasteiger partial charge in [-0.3, -0.25) is 0 Å². The number of aromatic nitrogens is 2. The Hall–Kier alpha value is -2.08. The molecule has 2 aromatic heterocycles. The Bertz CT molecular complexity index is 554. The Labute approximate surface area is 111 Å². The lowest BCUT2D eigenvalue weighted by atomic mass is 10.1. The van der Waals surface area contributed by atoms with Crippen LogP contribution in [0, 0.1) is 6.92 Å². The van der Waals surface area contributed by atoms with E-state index in [1.165, 1.54) is 7.11 Å². The van der Waals surface area contributed by atoms with Crippen molar-refractivity contribution in [3.8, 4) is 11.8 Å². The van der Waals surface area contributed by atoms with Gasteiger partial charge in [0.05, 0.1) is 26.7 Å². The summed E-state index contributed by atoms with van der Waals surface area (Å²) in [5.74, 6) is 1.61. The van der Waals surface area contributed by atoms with Crippen molar-refractivity contribution in [2.75, 3.05) is 21.3 Å². The standard InChI is InChI=1S/C13H17N3O3/c1-8-5-6-19-12(8)10(14-2)11-13(18-4)16-9(17-3)7-15-11/h5-7,10,14H,1-4H3. The van der Waals surface area contributed by atoms with Crippen molar-refractivity contribution in [3.63, 3.8) is 0 Å². The third-order valence-corrected chi connectivity index (χ3v) is 2.87. The smallest absolute Gasteiger partial charge is 0.240 e. The molecule has 1 unspecified atom stereocenters. The van der Waals surface area contributed by atoms with Crippen LogP contribution in [0.5, 0.6) is 11.8 Å². The number of hydrogen-bond donors (Lipinski definition) is 1. The molecule has 6 heteroatoms. The van der Waals surface area contributed by atoms with Gasteiger partial charge < -0.3 is 19.2 Å². The van der Waals surface area contributed by atoms with Gasteiger partial charge in [0.2, 0.25) is 11.8 Å². The molecule has 6 nitrogen and oxygen atoms in total. The van der Waals surface area contributed by atoms with Crippen molar-refractivity contribution >= 4 is 0 Å². The van der Waals surface area contributed by atoms with E-state index >= 15 is 0 Å². The second-order valence-corrected chi connectivity index (χ2v) is 4.00. The highest BCUT2D eigenvalue weighted by atomic mass is 16.5. The molecule has 19 heavy (non-hydrogen) atoms. The predicted octanol–water partition coefficient (Wildman–Crippen LogP) is 1.70. The first-order chi connectivity index (χ1) is 9.21. The molecule has 1 atom stereocenters. The lowest BCUT2D eigenvalue weighted by Crippen LogP contribution is -2.20. The van der Waals surface area contributed by atoms with Gasteiger partial charge in [-0.2, -0.15) is 4.98 Å². The van der Waals surface area contributed by atoms with Gasteiger partial charge >= 0.3 is 0 Å². The number of hydrogen-bond acceptors (Lipinski definition) is 6. The van der Waals surface area contributed by atoms with Crippen molar-refractivity contribution in [2.45, 2.75) is 13.0 Å². The quantitative estimate of drug-likeness (QED) is 0.885. The summed E-state index contributed by atoms with van der Waals surface area (Å²) < 4.78 is 15.8.